The molecule has 1 fully saturated rings. The van der Waals surface area contributed by atoms with Crippen molar-refractivity contribution >= 4 is 34.0 Å². The molecule has 9 heteroatoms. The third-order valence-corrected chi connectivity index (χ3v) is 5.95. The minimum Gasteiger partial charge on any atom is -0.379 e. The van der Waals surface area contributed by atoms with Crippen LogP contribution in [0.5, 0.6) is 0 Å². The molecule has 0 radical (unpaired) electrons. The molecular weight excluding hydrogens is 484 g/mol. The smallest absolute Gasteiger partial charge is 0.159 e. The van der Waals surface area contributed by atoms with Gasteiger partial charge in [-0.2, -0.15) is 11.8 Å². The van der Waals surface area contributed by atoms with Crippen molar-refractivity contribution in [3.63, 3.8) is 0 Å². The standard InChI is InChI=1S/C9H10N2S2.C9H18O3.C4H10O2.2C2H6/c1-6-9-7(3-13-6)8(4-12-2)10-5-11-9;1-8(10-2)7-12-9-5-3-4-6-11-9;1-4(2,5)6-3;2*1-2/h3,5H,4H2,1-2H3;8-9H,3-7H2,1-2H3;5H,1-3H3;2*1-2H3. The largest absolute Gasteiger partial charge is 0.379 e. The number of fused-ring (bicyclic) bond motifs is 1. The minimum atomic E-state index is -0.958. The Bertz CT molecular complexity index is 732. The lowest BCUT2D eigenvalue weighted by Crippen LogP contribution is -2.26. The van der Waals surface area contributed by atoms with E-state index in [9.17, 15) is 0 Å². The molecule has 2 aromatic heterocycles. The van der Waals surface area contributed by atoms with E-state index < -0.39 is 5.79 Å². The van der Waals surface area contributed by atoms with Crippen LogP contribution in [0.15, 0.2) is 11.7 Å². The van der Waals surface area contributed by atoms with E-state index in [0.717, 1.165) is 30.0 Å². The Morgan fingerprint density at radius 1 is 1.20 bits per heavy atom. The lowest BCUT2D eigenvalue weighted by Gasteiger charge is -2.23. The van der Waals surface area contributed by atoms with Crippen molar-refractivity contribution in [2.75, 3.05) is 33.7 Å². The first-order valence-electron chi connectivity index (χ1n) is 12.4. The molecule has 0 saturated carbocycles. The van der Waals surface area contributed by atoms with Crippen LogP contribution in [0.25, 0.3) is 10.9 Å². The fourth-order valence-corrected chi connectivity index (χ4v) is 3.76. The summed E-state index contributed by atoms with van der Waals surface area (Å²) in [7, 11) is 3.15. The molecule has 3 rings (SSSR count). The molecule has 0 amide bonds. The predicted molar refractivity (Wildman–Crippen MR) is 151 cm³/mol. The number of thioether (sulfide) groups is 1. The lowest BCUT2D eigenvalue weighted by molar-refractivity contribution is -0.175. The first kappa shape index (κ1) is 36.3. The molecule has 1 N–H and O–H groups in total. The first-order chi connectivity index (χ1) is 16.7. The maximum atomic E-state index is 8.60. The van der Waals surface area contributed by atoms with Gasteiger partial charge in [-0.25, -0.2) is 9.97 Å². The molecule has 0 aliphatic carbocycles. The van der Waals surface area contributed by atoms with Crippen LogP contribution in [0.1, 0.15) is 78.3 Å². The number of aliphatic hydroxyl groups is 1. The summed E-state index contributed by atoms with van der Waals surface area (Å²) in [5.41, 5.74) is 2.27. The van der Waals surface area contributed by atoms with Gasteiger partial charge in [0.2, 0.25) is 0 Å². The Hall–Kier alpha value is -0.810. The number of rotatable bonds is 7. The van der Waals surface area contributed by atoms with E-state index in [4.69, 9.17) is 19.3 Å². The van der Waals surface area contributed by atoms with Gasteiger partial charge in [0.1, 0.15) is 6.33 Å². The molecule has 3 heterocycles. The summed E-state index contributed by atoms with van der Waals surface area (Å²) in [4.78, 5) is 9.84. The van der Waals surface area contributed by atoms with Gasteiger partial charge < -0.3 is 24.1 Å². The Balaban J connectivity index is 0. The van der Waals surface area contributed by atoms with Gasteiger partial charge in [-0.15, -0.1) is 11.3 Å². The van der Waals surface area contributed by atoms with Crippen LogP contribution in [0.2, 0.25) is 0 Å². The van der Waals surface area contributed by atoms with Gasteiger partial charge in [-0.3, -0.25) is 0 Å². The molecule has 2 atom stereocenters. The van der Waals surface area contributed by atoms with E-state index in [1.807, 2.05) is 34.6 Å². The van der Waals surface area contributed by atoms with Gasteiger partial charge in [-0.05, 0) is 53.2 Å². The highest BCUT2D eigenvalue weighted by molar-refractivity contribution is 7.97. The molecule has 0 spiro atoms. The van der Waals surface area contributed by atoms with E-state index in [-0.39, 0.29) is 12.4 Å². The van der Waals surface area contributed by atoms with E-state index in [1.165, 1.54) is 30.2 Å². The molecule has 7 nitrogen and oxygen atoms in total. The zero-order valence-corrected chi connectivity index (χ0v) is 25.5. The van der Waals surface area contributed by atoms with Crippen molar-refractivity contribution in [3.05, 3.63) is 22.3 Å². The van der Waals surface area contributed by atoms with Gasteiger partial charge in [0.15, 0.2) is 12.1 Å². The summed E-state index contributed by atoms with van der Waals surface area (Å²) >= 11 is 3.54. The summed E-state index contributed by atoms with van der Waals surface area (Å²) in [6.45, 7) is 16.7. The SMILES string of the molecule is CC.CC.COC(C)(C)O.COC(C)COC1CCCCO1.CSCc1ncnc2c(C)scc12. The lowest BCUT2D eigenvalue weighted by atomic mass is 10.2. The van der Waals surface area contributed by atoms with Gasteiger partial charge in [-0.1, -0.05) is 27.7 Å². The number of hydrogen-bond donors (Lipinski definition) is 1. The second-order valence-electron chi connectivity index (χ2n) is 7.63. The van der Waals surface area contributed by atoms with Crippen molar-refractivity contribution in [2.24, 2.45) is 0 Å². The van der Waals surface area contributed by atoms with Crippen LogP contribution in [0, 0.1) is 6.92 Å². The Kier molecular flexibility index (Phi) is 23.3. The molecule has 2 aromatic rings. The van der Waals surface area contributed by atoms with Crippen molar-refractivity contribution < 1.29 is 24.1 Å². The zero-order chi connectivity index (χ0) is 27.3. The first-order valence-corrected chi connectivity index (χ1v) is 14.7. The third kappa shape index (κ3) is 17.3. The zero-order valence-electron chi connectivity index (χ0n) is 23.8. The summed E-state index contributed by atoms with van der Waals surface area (Å²) in [5.74, 6) is 0.00912. The Morgan fingerprint density at radius 3 is 2.31 bits per heavy atom. The van der Waals surface area contributed by atoms with Crippen molar-refractivity contribution in [1.82, 2.24) is 9.97 Å². The van der Waals surface area contributed by atoms with Crippen LogP contribution in [0.3, 0.4) is 0 Å². The highest BCUT2D eigenvalue weighted by Crippen LogP contribution is 2.26. The van der Waals surface area contributed by atoms with Crippen molar-refractivity contribution in [1.29, 1.82) is 0 Å². The molecule has 0 aromatic carbocycles. The number of nitrogens with zero attached hydrogens (tertiary/aromatic N) is 2. The van der Waals surface area contributed by atoms with Crippen LogP contribution >= 0.6 is 23.1 Å². The maximum absolute atomic E-state index is 8.60. The quantitative estimate of drug-likeness (QED) is 0.387. The third-order valence-electron chi connectivity index (χ3n) is 4.49. The fraction of sp³-hybridized carbons (Fsp3) is 0.769. The fourth-order valence-electron chi connectivity index (χ4n) is 2.44. The van der Waals surface area contributed by atoms with E-state index in [0.29, 0.717) is 6.61 Å². The average Bonchev–Trinajstić information content (AvgIpc) is 3.28. The topological polar surface area (TPSA) is 82.9 Å². The van der Waals surface area contributed by atoms with Crippen LogP contribution < -0.4 is 0 Å². The number of aryl methyl sites for hydroxylation is 1. The van der Waals surface area contributed by atoms with Crippen molar-refractivity contribution in [3.8, 4) is 0 Å². The van der Waals surface area contributed by atoms with Gasteiger partial charge in [0.25, 0.3) is 0 Å². The van der Waals surface area contributed by atoms with E-state index >= 15 is 0 Å². The Labute approximate surface area is 222 Å². The number of hydrogen-bond acceptors (Lipinski definition) is 9. The van der Waals surface area contributed by atoms with E-state index in [1.54, 1.807) is 50.4 Å². The molecular formula is C26H50N2O5S2. The molecule has 1 aliphatic rings. The maximum Gasteiger partial charge on any atom is 0.159 e. The number of methoxy groups -OCH3 is 2. The van der Waals surface area contributed by atoms with Gasteiger partial charge >= 0.3 is 0 Å². The molecule has 206 valence electrons. The number of thiophene rings is 1. The molecule has 1 saturated heterocycles. The summed E-state index contributed by atoms with van der Waals surface area (Å²) in [6.07, 6.45) is 7.33. The molecule has 35 heavy (non-hydrogen) atoms. The highest BCUT2D eigenvalue weighted by atomic mass is 32.2. The van der Waals surface area contributed by atoms with Crippen molar-refractivity contribution in [2.45, 2.75) is 98.6 Å². The summed E-state index contributed by atoms with van der Waals surface area (Å²) < 4.78 is 20.4. The van der Waals surface area contributed by atoms with Gasteiger partial charge in [0.05, 0.1) is 23.9 Å². The highest BCUT2D eigenvalue weighted by Gasteiger charge is 2.14. The average molecular weight is 535 g/mol. The number of ether oxygens (including phenoxy) is 4. The van der Waals surface area contributed by atoms with Crippen LogP contribution in [-0.2, 0) is 24.7 Å². The molecule has 2 unspecified atom stereocenters. The molecule has 0 bridgehead atoms. The normalized spacial score (nSPS) is 15.7. The second kappa shape index (κ2) is 22.4. The van der Waals surface area contributed by atoms with Crippen LogP contribution in [-0.4, -0.2) is 66.9 Å². The molecule has 1 aliphatic heterocycles. The van der Waals surface area contributed by atoms with E-state index in [2.05, 4.69) is 33.3 Å². The van der Waals surface area contributed by atoms with Crippen LogP contribution in [0.4, 0.5) is 0 Å². The Morgan fingerprint density at radius 2 is 1.83 bits per heavy atom. The van der Waals surface area contributed by atoms with Gasteiger partial charge in [0, 0.05) is 42.2 Å². The minimum absolute atomic E-state index is 0.0105. The number of aromatic nitrogens is 2. The monoisotopic (exact) mass is 534 g/mol. The summed E-state index contributed by atoms with van der Waals surface area (Å²) in [6, 6.07) is 0. The second-order valence-corrected chi connectivity index (χ2v) is 9.58. The summed E-state index contributed by atoms with van der Waals surface area (Å²) in [5, 5.41) is 12.0. The predicted octanol–water partition coefficient (Wildman–Crippen LogP) is 6.84.